The topological polar surface area (TPSA) is 64.0 Å². The molecular formula is C22H19N3O2. The Hall–Kier alpha value is -3.73. The normalized spacial score (nSPS) is 11.2. The number of nitrogens with zero attached hydrogens (tertiary/aromatic N) is 2. The van der Waals surface area contributed by atoms with Gasteiger partial charge in [0.2, 0.25) is 0 Å². The fourth-order valence-electron chi connectivity index (χ4n) is 2.79. The lowest BCUT2D eigenvalue weighted by Crippen LogP contribution is -2.15. The summed E-state index contributed by atoms with van der Waals surface area (Å²) in [5, 5.41) is 3.64. The van der Waals surface area contributed by atoms with Crippen molar-refractivity contribution in [3.8, 4) is 5.69 Å². The molecule has 0 atom stereocenters. The average Bonchev–Trinajstić information content (AvgIpc) is 2.68. The summed E-state index contributed by atoms with van der Waals surface area (Å²) in [5.74, 6) is 0.382. The van der Waals surface area contributed by atoms with Crippen molar-refractivity contribution in [3.05, 3.63) is 102 Å². The van der Waals surface area contributed by atoms with Crippen LogP contribution in [0.4, 0.5) is 5.82 Å². The van der Waals surface area contributed by atoms with Crippen molar-refractivity contribution in [1.29, 1.82) is 0 Å². The number of hydrogen-bond acceptors (Lipinski definition) is 4. The molecule has 0 amide bonds. The summed E-state index contributed by atoms with van der Waals surface area (Å²) >= 11 is 0. The molecule has 0 aliphatic rings. The molecule has 0 unspecified atom stereocenters. The van der Waals surface area contributed by atoms with Gasteiger partial charge in [-0.25, -0.2) is 0 Å². The van der Waals surface area contributed by atoms with Gasteiger partial charge in [-0.3, -0.25) is 19.1 Å². The Morgan fingerprint density at radius 2 is 1.93 bits per heavy atom. The Bertz CT molecular complexity index is 1130. The first-order valence-electron chi connectivity index (χ1n) is 8.39. The summed E-state index contributed by atoms with van der Waals surface area (Å²) in [6.45, 7) is 8.92. The van der Waals surface area contributed by atoms with Crippen molar-refractivity contribution in [2.45, 2.75) is 6.92 Å². The highest BCUT2D eigenvalue weighted by Gasteiger charge is 2.14. The zero-order valence-electron chi connectivity index (χ0n) is 15.0. The first-order valence-corrected chi connectivity index (χ1v) is 8.39. The third-order valence-corrected chi connectivity index (χ3v) is 4.06. The van der Waals surface area contributed by atoms with Crippen molar-refractivity contribution >= 4 is 22.5 Å². The zero-order chi connectivity index (χ0) is 19.4. The number of anilines is 1. The molecule has 5 nitrogen and oxygen atoms in total. The van der Waals surface area contributed by atoms with Gasteiger partial charge in [0.15, 0.2) is 11.2 Å². The van der Waals surface area contributed by atoms with Crippen LogP contribution in [0.3, 0.4) is 0 Å². The van der Waals surface area contributed by atoms with Gasteiger partial charge < -0.3 is 5.32 Å². The van der Waals surface area contributed by atoms with Crippen LogP contribution in [-0.2, 0) is 0 Å². The van der Waals surface area contributed by atoms with Gasteiger partial charge in [-0.15, -0.1) is 0 Å². The van der Waals surface area contributed by atoms with Gasteiger partial charge in [-0.05, 0) is 30.4 Å². The molecule has 2 heterocycles. The number of pyridine rings is 2. The van der Waals surface area contributed by atoms with Crippen LogP contribution in [0.25, 0.3) is 16.6 Å². The van der Waals surface area contributed by atoms with Gasteiger partial charge >= 0.3 is 0 Å². The number of aromatic nitrogens is 2. The van der Waals surface area contributed by atoms with Crippen LogP contribution in [-0.4, -0.2) is 15.3 Å². The number of para-hydroxylation sites is 1. The number of allylic oxidation sites excluding steroid dienone is 3. The molecular weight excluding hydrogens is 338 g/mol. The lowest BCUT2D eigenvalue weighted by atomic mass is 10.1. The van der Waals surface area contributed by atoms with E-state index in [0.29, 0.717) is 28.1 Å². The van der Waals surface area contributed by atoms with E-state index in [4.69, 9.17) is 0 Å². The molecule has 0 aliphatic carbocycles. The van der Waals surface area contributed by atoms with E-state index in [-0.39, 0.29) is 11.2 Å². The molecule has 2 aromatic heterocycles. The van der Waals surface area contributed by atoms with Crippen LogP contribution in [0, 0.1) is 0 Å². The third kappa shape index (κ3) is 3.62. The Kier molecular flexibility index (Phi) is 5.13. The van der Waals surface area contributed by atoms with Crippen molar-refractivity contribution < 1.29 is 4.79 Å². The number of ketones is 1. The maximum absolute atomic E-state index is 12.6. The van der Waals surface area contributed by atoms with Gasteiger partial charge in [0.05, 0.1) is 10.9 Å². The molecule has 5 heteroatoms. The molecule has 0 saturated heterocycles. The summed E-state index contributed by atoms with van der Waals surface area (Å²) in [4.78, 5) is 28.6. The highest BCUT2D eigenvalue weighted by Crippen LogP contribution is 2.24. The summed E-state index contributed by atoms with van der Waals surface area (Å²) in [7, 11) is 0. The average molecular weight is 357 g/mol. The second kappa shape index (κ2) is 7.66. The fourth-order valence-corrected chi connectivity index (χ4v) is 2.79. The van der Waals surface area contributed by atoms with E-state index in [1.807, 2.05) is 34.9 Å². The molecule has 1 aromatic carbocycles. The monoisotopic (exact) mass is 357 g/mol. The van der Waals surface area contributed by atoms with Gasteiger partial charge in [-0.1, -0.05) is 37.4 Å². The van der Waals surface area contributed by atoms with E-state index in [1.165, 1.54) is 19.2 Å². The van der Waals surface area contributed by atoms with Crippen LogP contribution in [0.1, 0.15) is 17.4 Å². The number of hydrogen-bond donors (Lipinski definition) is 1. The molecule has 3 rings (SSSR count). The number of carbonyl (C=O) groups excluding carboxylic acids is 1. The Morgan fingerprint density at radius 3 is 2.56 bits per heavy atom. The lowest BCUT2D eigenvalue weighted by Gasteiger charge is -2.19. The van der Waals surface area contributed by atoms with Crippen LogP contribution < -0.4 is 10.7 Å². The Balaban J connectivity index is 2.38. The zero-order valence-corrected chi connectivity index (χ0v) is 15.0. The molecule has 0 aliphatic heterocycles. The van der Waals surface area contributed by atoms with Crippen molar-refractivity contribution in [3.63, 3.8) is 0 Å². The van der Waals surface area contributed by atoms with Gasteiger partial charge in [-0.2, -0.15) is 0 Å². The van der Waals surface area contributed by atoms with E-state index >= 15 is 0 Å². The molecule has 1 N–H and O–H groups in total. The number of benzene rings is 1. The predicted molar refractivity (Wildman–Crippen MR) is 109 cm³/mol. The summed E-state index contributed by atoms with van der Waals surface area (Å²) in [6, 6.07) is 12.7. The molecule has 0 saturated carbocycles. The van der Waals surface area contributed by atoms with E-state index in [2.05, 4.69) is 23.5 Å². The lowest BCUT2D eigenvalue weighted by molar-refractivity contribution is 0.101. The van der Waals surface area contributed by atoms with Crippen molar-refractivity contribution in [2.24, 2.45) is 0 Å². The Labute approximate surface area is 157 Å². The largest absolute Gasteiger partial charge is 0.341 e. The predicted octanol–water partition coefficient (Wildman–Crippen LogP) is 4.26. The van der Waals surface area contributed by atoms with Crippen LogP contribution in [0.5, 0.6) is 0 Å². The summed E-state index contributed by atoms with van der Waals surface area (Å²) in [6.07, 6.45) is 6.48. The molecule has 0 fully saturated rings. The van der Waals surface area contributed by atoms with Crippen LogP contribution in [0.2, 0.25) is 0 Å². The minimum atomic E-state index is -0.190. The van der Waals surface area contributed by atoms with Gasteiger partial charge in [0.1, 0.15) is 11.5 Å². The number of carbonyl (C=O) groups is 1. The highest BCUT2D eigenvalue weighted by atomic mass is 16.1. The number of nitrogens with one attached hydrogen (secondary N) is 1. The molecule has 27 heavy (non-hydrogen) atoms. The summed E-state index contributed by atoms with van der Waals surface area (Å²) < 4.78 is 1.88. The van der Waals surface area contributed by atoms with E-state index in [1.54, 1.807) is 24.3 Å². The first kappa shape index (κ1) is 18.1. The quantitative estimate of drug-likeness (QED) is 0.529. The minimum Gasteiger partial charge on any atom is -0.341 e. The molecule has 3 aromatic rings. The van der Waals surface area contributed by atoms with Crippen LogP contribution in [0.15, 0.2) is 90.5 Å². The number of fused-ring (bicyclic) bond motifs is 1. The third-order valence-electron chi connectivity index (χ3n) is 4.06. The second-order valence-electron chi connectivity index (χ2n) is 5.89. The maximum atomic E-state index is 12.6. The minimum absolute atomic E-state index is 0.166. The van der Waals surface area contributed by atoms with Crippen LogP contribution >= 0.6 is 0 Å². The standard InChI is InChI=1S/C22H19N3O2/c1-4-9-16(5-2)24-22-13-21(27)18-14-23-19(15(3)26)12-20(18)25(22)17-10-7-6-8-11-17/h4-14,24H,1-2H2,3H3/b16-9+. The first-order chi connectivity index (χ1) is 13.0. The molecule has 0 bridgehead atoms. The molecule has 0 spiro atoms. The number of rotatable bonds is 6. The van der Waals surface area contributed by atoms with Gasteiger partial charge in [0, 0.05) is 30.6 Å². The highest BCUT2D eigenvalue weighted by molar-refractivity contribution is 5.96. The number of Topliss-reactive ketones (excluding diaryl/α,β-unsaturated/α-hetero) is 1. The smallest absolute Gasteiger partial charge is 0.193 e. The van der Waals surface area contributed by atoms with E-state index in [0.717, 1.165) is 5.69 Å². The second-order valence-corrected chi connectivity index (χ2v) is 5.89. The summed E-state index contributed by atoms with van der Waals surface area (Å²) in [5.41, 5.74) is 2.24. The van der Waals surface area contributed by atoms with Crippen molar-refractivity contribution in [2.75, 3.05) is 5.32 Å². The Morgan fingerprint density at radius 1 is 1.19 bits per heavy atom. The van der Waals surface area contributed by atoms with E-state index < -0.39 is 0 Å². The van der Waals surface area contributed by atoms with Crippen molar-refractivity contribution in [1.82, 2.24) is 9.55 Å². The van der Waals surface area contributed by atoms with Gasteiger partial charge in [0.25, 0.3) is 0 Å². The fraction of sp³-hybridized carbons (Fsp3) is 0.0455. The maximum Gasteiger partial charge on any atom is 0.193 e. The van der Waals surface area contributed by atoms with E-state index in [9.17, 15) is 9.59 Å². The molecule has 0 radical (unpaired) electrons. The SMILES string of the molecule is C=C/C=C(\C=C)Nc1cc(=O)c2cnc(C(C)=O)cc2n1-c1ccccc1. The molecule has 134 valence electrons.